The molecule has 0 N–H and O–H groups in total. The Labute approximate surface area is 206 Å². The molecule has 1 heterocycles. The van der Waals surface area contributed by atoms with Crippen molar-refractivity contribution in [2.24, 2.45) is 0 Å². The van der Waals surface area contributed by atoms with Crippen molar-refractivity contribution in [3.8, 4) is 17.2 Å². The second-order valence-electron chi connectivity index (χ2n) is 8.19. The lowest BCUT2D eigenvalue weighted by atomic mass is 9.98. The Bertz CT molecular complexity index is 1500. The molecule has 36 heavy (non-hydrogen) atoms. The van der Waals surface area contributed by atoms with Crippen LogP contribution < -0.4 is 15.0 Å². The molecule has 5 nitrogen and oxygen atoms in total. The highest BCUT2D eigenvalue weighted by atomic mass is 19.3. The highest BCUT2D eigenvalue weighted by Gasteiger charge is 2.21. The van der Waals surface area contributed by atoms with Crippen molar-refractivity contribution in [1.29, 1.82) is 0 Å². The van der Waals surface area contributed by atoms with E-state index < -0.39 is 6.61 Å². The number of hydrogen-bond acceptors (Lipinski definition) is 4. The van der Waals surface area contributed by atoms with E-state index in [1.54, 1.807) is 22.8 Å². The number of rotatable bonds is 7. The molecular formula is C29H22F2N2O3. The Morgan fingerprint density at radius 3 is 1.89 bits per heavy atom. The molecule has 0 amide bonds. The molecule has 180 valence electrons. The van der Waals surface area contributed by atoms with Crippen LogP contribution in [0.3, 0.4) is 0 Å². The van der Waals surface area contributed by atoms with Gasteiger partial charge >= 0.3 is 6.61 Å². The van der Waals surface area contributed by atoms with Gasteiger partial charge in [-0.1, -0.05) is 60.7 Å². The number of ether oxygens (including phenoxy) is 2. The molecule has 0 unspecified atom stereocenters. The van der Waals surface area contributed by atoms with Crippen molar-refractivity contribution < 1.29 is 18.3 Å². The summed E-state index contributed by atoms with van der Waals surface area (Å²) in [4.78, 5) is 18.6. The fourth-order valence-corrected chi connectivity index (χ4v) is 4.24. The average Bonchev–Trinajstić information content (AvgIpc) is 2.89. The van der Waals surface area contributed by atoms with Crippen LogP contribution in [0.1, 0.15) is 23.0 Å². The lowest BCUT2D eigenvalue weighted by Crippen LogP contribution is -2.29. The number of alkyl halides is 2. The molecule has 0 aliphatic heterocycles. The number of aryl methyl sites for hydroxylation is 1. The number of benzene rings is 4. The van der Waals surface area contributed by atoms with Crippen molar-refractivity contribution in [2.45, 2.75) is 19.6 Å². The fourth-order valence-electron chi connectivity index (χ4n) is 4.24. The van der Waals surface area contributed by atoms with Crippen LogP contribution in [0.2, 0.25) is 0 Å². The summed E-state index contributed by atoms with van der Waals surface area (Å²) in [6.45, 7) is -1.07. The molecule has 0 bridgehead atoms. The van der Waals surface area contributed by atoms with E-state index in [1.165, 1.54) is 24.3 Å². The molecule has 0 radical (unpaired) electrons. The minimum absolute atomic E-state index is 0.0336. The number of hydrogen-bond donors (Lipinski definition) is 0. The summed E-state index contributed by atoms with van der Waals surface area (Å²) in [5.74, 6) is 1.47. The van der Waals surface area contributed by atoms with Crippen LogP contribution in [-0.2, 0) is 0 Å². The Hall–Kier alpha value is -4.52. The summed E-state index contributed by atoms with van der Waals surface area (Å²) in [5, 5.41) is 0.410. The standard InChI is InChI=1S/C29H22F2N2O3/c1-19-32-26-17-16-24(35-22-12-14-23(15-13-22)36-29(30)31)18-25(26)28(34)33(19)27(20-8-4-2-5-9-20)21-10-6-3-7-11-21/h2-18,27,29H,1H3. The smallest absolute Gasteiger partial charge is 0.387 e. The average molecular weight is 485 g/mol. The summed E-state index contributed by atoms with van der Waals surface area (Å²) in [6, 6.07) is 30.2. The maximum absolute atomic E-state index is 13.9. The third-order valence-corrected chi connectivity index (χ3v) is 5.82. The summed E-state index contributed by atoms with van der Waals surface area (Å²) >= 11 is 0. The predicted molar refractivity (Wildman–Crippen MR) is 134 cm³/mol. The van der Waals surface area contributed by atoms with Crippen molar-refractivity contribution in [3.05, 3.63) is 130 Å². The highest BCUT2D eigenvalue weighted by molar-refractivity contribution is 5.79. The quantitative estimate of drug-likeness (QED) is 0.257. The van der Waals surface area contributed by atoms with E-state index in [2.05, 4.69) is 4.74 Å². The summed E-state index contributed by atoms with van der Waals surface area (Å²) in [5.41, 5.74) is 2.30. The first kappa shape index (κ1) is 23.2. The van der Waals surface area contributed by atoms with Crippen molar-refractivity contribution in [3.63, 3.8) is 0 Å². The first-order valence-electron chi connectivity index (χ1n) is 11.3. The lowest BCUT2D eigenvalue weighted by Gasteiger charge is -2.23. The number of nitrogens with zero attached hydrogens (tertiary/aromatic N) is 2. The molecule has 5 aromatic rings. The monoisotopic (exact) mass is 484 g/mol. The minimum Gasteiger partial charge on any atom is -0.457 e. The van der Waals surface area contributed by atoms with Crippen LogP contribution in [0.4, 0.5) is 8.78 Å². The Kier molecular flexibility index (Phi) is 6.45. The highest BCUT2D eigenvalue weighted by Crippen LogP contribution is 2.29. The normalized spacial score (nSPS) is 11.2. The molecule has 0 saturated carbocycles. The van der Waals surface area contributed by atoms with Gasteiger partial charge in [-0.15, -0.1) is 0 Å². The van der Waals surface area contributed by atoms with E-state index in [4.69, 9.17) is 9.72 Å². The largest absolute Gasteiger partial charge is 0.457 e. The van der Waals surface area contributed by atoms with Crippen molar-refractivity contribution >= 4 is 10.9 Å². The van der Waals surface area contributed by atoms with Crippen LogP contribution in [0.25, 0.3) is 10.9 Å². The van der Waals surface area contributed by atoms with Gasteiger partial charge in [0.1, 0.15) is 23.1 Å². The first-order chi connectivity index (χ1) is 17.5. The first-order valence-corrected chi connectivity index (χ1v) is 11.3. The van der Waals surface area contributed by atoms with Gasteiger partial charge in [0.15, 0.2) is 0 Å². The van der Waals surface area contributed by atoms with Gasteiger partial charge in [-0.25, -0.2) is 4.98 Å². The van der Waals surface area contributed by atoms with E-state index in [9.17, 15) is 13.6 Å². The van der Waals surface area contributed by atoms with Crippen LogP contribution in [0, 0.1) is 6.92 Å². The van der Waals surface area contributed by atoms with Crippen LogP contribution in [0.15, 0.2) is 108 Å². The lowest BCUT2D eigenvalue weighted by molar-refractivity contribution is -0.0498. The molecule has 0 fully saturated rings. The van der Waals surface area contributed by atoms with Crippen molar-refractivity contribution in [1.82, 2.24) is 9.55 Å². The molecular weight excluding hydrogens is 462 g/mol. The van der Waals surface area contributed by atoms with Gasteiger partial charge in [0.25, 0.3) is 5.56 Å². The minimum atomic E-state index is -2.90. The van der Waals surface area contributed by atoms with Crippen LogP contribution >= 0.6 is 0 Å². The maximum atomic E-state index is 13.9. The van der Waals surface area contributed by atoms with Crippen LogP contribution in [-0.4, -0.2) is 16.2 Å². The summed E-state index contributed by atoms with van der Waals surface area (Å²) in [7, 11) is 0. The second-order valence-corrected chi connectivity index (χ2v) is 8.19. The summed E-state index contributed by atoms with van der Waals surface area (Å²) in [6.07, 6.45) is 0. The molecule has 0 saturated heterocycles. The Morgan fingerprint density at radius 1 is 0.750 bits per heavy atom. The number of fused-ring (bicyclic) bond motifs is 1. The van der Waals surface area contributed by atoms with Gasteiger partial charge in [0.05, 0.1) is 16.9 Å². The zero-order valence-corrected chi connectivity index (χ0v) is 19.3. The van der Waals surface area contributed by atoms with E-state index in [1.807, 2.05) is 67.6 Å². The van der Waals surface area contributed by atoms with Gasteiger partial charge in [0.2, 0.25) is 0 Å². The van der Waals surface area contributed by atoms with Gasteiger partial charge in [-0.05, 0) is 60.5 Å². The molecule has 0 aliphatic carbocycles. The Morgan fingerprint density at radius 2 is 1.31 bits per heavy atom. The molecule has 0 aliphatic rings. The van der Waals surface area contributed by atoms with Gasteiger partial charge < -0.3 is 9.47 Å². The molecule has 0 spiro atoms. The van der Waals surface area contributed by atoms with E-state index in [0.29, 0.717) is 28.2 Å². The van der Waals surface area contributed by atoms with Gasteiger partial charge in [-0.3, -0.25) is 9.36 Å². The zero-order valence-electron chi connectivity index (χ0n) is 19.3. The van der Waals surface area contributed by atoms with Crippen LogP contribution in [0.5, 0.6) is 17.2 Å². The van der Waals surface area contributed by atoms with E-state index in [-0.39, 0.29) is 17.4 Å². The van der Waals surface area contributed by atoms with Crippen molar-refractivity contribution in [2.75, 3.05) is 0 Å². The molecule has 0 atom stereocenters. The third kappa shape index (κ3) is 4.81. The second kappa shape index (κ2) is 10.00. The van der Waals surface area contributed by atoms with E-state index in [0.717, 1.165) is 11.1 Å². The zero-order chi connectivity index (χ0) is 25.1. The topological polar surface area (TPSA) is 53.4 Å². The Balaban J connectivity index is 1.57. The molecule has 7 heteroatoms. The van der Waals surface area contributed by atoms with E-state index >= 15 is 0 Å². The molecule has 4 aromatic carbocycles. The van der Waals surface area contributed by atoms with Gasteiger partial charge in [-0.2, -0.15) is 8.78 Å². The number of halogens is 2. The summed E-state index contributed by atoms with van der Waals surface area (Å²) < 4.78 is 36.8. The van der Waals surface area contributed by atoms with Gasteiger partial charge in [0, 0.05) is 0 Å². The third-order valence-electron chi connectivity index (χ3n) is 5.82. The molecule has 5 rings (SSSR count). The molecule has 1 aromatic heterocycles. The fraction of sp³-hybridized carbons (Fsp3) is 0.103. The SMILES string of the molecule is Cc1nc2ccc(Oc3ccc(OC(F)F)cc3)cc2c(=O)n1C(c1ccccc1)c1ccccc1. The number of aromatic nitrogens is 2. The predicted octanol–water partition coefficient (Wildman–Crippen LogP) is 6.74. The maximum Gasteiger partial charge on any atom is 0.387 e.